The molecule has 1 unspecified atom stereocenters. The van der Waals surface area contributed by atoms with Crippen LogP contribution in [0.2, 0.25) is 0 Å². The number of Topliss-reactive ketones (excluding diaryl/α,β-unsaturated/α-hetero) is 1. The molecule has 4 heteroatoms. The van der Waals surface area contributed by atoms with Crippen molar-refractivity contribution in [3.8, 4) is 5.75 Å². The van der Waals surface area contributed by atoms with Crippen LogP contribution in [0.25, 0.3) is 0 Å². The molecule has 1 aromatic carbocycles. The van der Waals surface area contributed by atoms with E-state index in [-0.39, 0.29) is 11.9 Å². The molecule has 1 fully saturated rings. The van der Waals surface area contributed by atoms with Crippen molar-refractivity contribution in [3.05, 3.63) is 29.6 Å². The van der Waals surface area contributed by atoms with E-state index in [1.165, 1.54) is 6.07 Å². The molecule has 3 nitrogen and oxygen atoms in total. The van der Waals surface area contributed by atoms with Crippen molar-refractivity contribution in [2.75, 3.05) is 13.6 Å². The highest BCUT2D eigenvalue weighted by molar-refractivity contribution is 5.79. The smallest absolute Gasteiger partial charge is 0.133 e. The lowest BCUT2D eigenvalue weighted by Crippen LogP contribution is -2.41. The number of benzene rings is 1. The molecule has 108 valence electrons. The molecule has 0 bridgehead atoms. The zero-order valence-corrected chi connectivity index (χ0v) is 11.8. The van der Waals surface area contributed by atoms with Gasteiger partial charge in [0.1, 0.15) is 23.5 Å². The number of hydrogen-bond donors (Lipinski definition) is 0. The maximum absolute atomic E-state index is 13.2. The summed E-state index contributed by atoms with van der Waals surface area (Å²) in [7, 11) is 2.09. The largest absolute Gasteiger partial charge is 0.488 e. The molecule has 1 heterocycles. The van der Waals surface area contributed by atoms with E-state index in [1.54, 1.807) is 12.1 Å². The van der Waals surface area contributed by atoms with Crippen LogP contribution in [0.1, 0.15) is 31.2 Å². The van der Waals surface area contributed by atoms with Crippen LogP contribution in [0.3, 0.4) is 0 Å². The first-order chi connectivity index (χ1) is 9.61. The minimum absolute atomic E-state index is 0.0921. The molecule has 0 saturated heterocycles. The zero-order valence-electron chi connectivity index (χ0n) is 11.8. The second-order valence-corrected chi connectivity index (χ2v) is 5.91. The number of ether oxygens (including phenoxy) is 1. The molecular weight excluding hydrogens is 257 g/mol. The molecule has 2 aliphatic rings. The Morgan fingerprint density at radius 3 is 2.85 bits per heavy atom. The Labute approximate surface area is 118 Å². The van der Waals surface area contributed by atoms with Gasteiger partial charge in [0.2, 0.25) is 0 Å². The molecule has 1 aliphatic heterocycles. The molecule has 0 amide bonds. The third-order valence-electron chi connectivity index (χ3n) is 4.39. The molecule has 20 heavy (non-hydrogen) atoms. The van der Waals surface area contributed by atoms with Crippen molar-refractivity contribution in [2.24, 2.45) is 0 Å². The van der Waals surface area contributed by atoms with Crippen LogP contribution in [-0.4, -0.2) is 36.4 Å². The van der Waals surface area contributed by atoms with Gasteiger partial charge in [0, 0.05) is 37.4 Å². The van der Waals surface area contributed by atoms with Crippen LogP contribution in [0.15, 0.2) is 18.2 Å². The van der Waals surface area contributed by atoms with Gasteiger partial charge in [-0.3, -0.25) is 9.69 Å². The molecule has 1 aromatic rings. The first-order valence-corrected chi connectivity index (χ1v) is 7.29. The van der Waals surface area contributed by atoms with E-state index in [2.05, 4.69) is 11.9 Å². The Kier molecular flexibility index (Phi) is 3.74. The van der Waals surface area contributed by atoms with Gasteiger partial charge in [-0.15, -0.1) is 0 Å². The summed E-state index contributed by atoms with van der Waals surface area (Å²) in [4.78, 5) is 13.6. The maximum atomic E-state index is 13.2. The van der Waals surface area contributed by atoms with Gasteiger partial charge in [-0.1, -0.05) is 0 Å². The average Bonchev–Trinajstić information content (AvgIpc) is 2.80. The molecule has 0 radical (unpaired) electrons. The van der Waals surface area contributed by atoms with Crippen molar-refractivity contribution in [1.29, 1.82) is 0 Å². The summed E-state index contributed by atoms with van der Waals surface area (Å²) >= 11 is 0. The number of nitrogens with zero attached hydrogens (tertiary/aromatic N) is 1. The van der Waals surface area contributed by atoms with E-state index in [1.807, 2.05) is 0 Å². The summed E-state index contributed by atoms with van der Waals surface area (Å²) in [5.41, 5.74) is 0.960. The quantitative estimate of drug-likeness (QED) is 0.850. The standard InChI is InChI=1S/C16H20FNO2/c1-18(13-3-5-14(19)6-4-13)10-15-9-11-8-12(17)2-7-16(11)20-15/h2,7-8,13,15H,3-6,9-10H2,1H3. The number of likely N-dealkylation sites (N-methyl/N-ethyl adjacent to an activating group) is 1. The summed E-state index contributed by atoms with van der Waals surface area (Å²) in [5, 5.41) is 0. The molecule has 1 atom stereocenters. The summed E-state index contributed by atoms with van der Waals surface area (Å²) in [6, 6.07) is 5.19. The first-order valence-electron chi connectivity index (χ1n) is 7.29. The third kappa shape index (κ3) is 2.85. The van der Waals surface area contributed by atoms with Gasteiger partial charge in [0.15, 0.2) is 0 Å². The highest BCUT2D eigenvalue weighted by atomic mass is 19.1. The number of carbonyl (C=O) groups excluding carboxylic acids is 1. The normalized spacial score (nSPS) is 22.9. The Morgan fingerprint density at radius 2 is 2.10 bits per heavy atom. The van der Waals surface area contributed by atoms with E-state index in [9.17, 15) is 9.18 Å². The van der Waals surface area contributed by atoms with Gasteiger partial charge in [-0.25, -0.2) is 4.39 Å². The number of carbonyl (C=O) groups is 1. The molecule has 0 aromatic heterocycles. The Morgan fingerprint density at radius 1 is 1.35 bits per heavy atom. The van der Waals surface area contributed by atoms with Crippen LogP contribution in [-0.2, 0) is 11.2 Å². The molecule has 3 rings (SSSR count). The molecule has 1 saturated carbocycles. The van der Waals surface area contributed by atoms with Crippen LogP contribution in [0, 0.1) is 5.82 Å². The van der Waals surface area contributed by atoms with E-state index >= 15 is 0 Å². The number of fused-ring (bicyclic) bond motifs is 1. The third-order valence-corrected chi connectivity index (χ3v) is 4.39. The number of ketones is 1. The zero-order chi connectivity index (χ0) is 14.1. The van der Waals surface area contributed by atoms with Crippen LogP contribution in [0.5, 0.6) is 5.75 Å². The van der Waals surface area contributed by atoms with Gasteiger partial charge in [0.25, 0.3) is 0 Å². The topological polar surface area (TPSA) is 29.5 Å². The molecule has 0 N–H and O–H groups in total. The summed E-state index contributed by atoms with van der Waals surface area (Å²) in [5.74, 6) is 0.991. The Hall–Kier alpha value is -1.42. The van der Waals surface area contributed by atoms with Crippen molar-refractivity contribution in [3.63, 3.8) is 0 Å². The van der Waals surface area contributed by atoms with Crippen LogP contribution in [0.4, 0.5) is 4.39 Å². The van der Waals surface area contributed by atoms with Crippen molar-refractivity contribution >= 4 is 5.78 Å². The SMILES string of the molecule is CN(CC1Cc2cc(F)ccc2O1)C1CCC(=O)CC1. The predicted molar refractivity (Wildman–Crippen MR) is 74.4 cm³/mol. The lowest BCUT2D eigenvalue weighted by atomic mass is 9.93. The van der Waals surface area contributed by atoms with E-state index in [0.717, 1.165) is 37.1 Å². The minimum atomic E-state index is -0.202. The minimum Gasteiger partial charge on any atom is -0.488 e. The highest BCUT2D eigenvalue weighted by Gasteiger charge is 2.28. The van der Waals surface area contributed by atoms with Gasteiger partial charge in [0.05, 0.1) is 0 Å². The highest BCUT2D eigenvalue weighted by Crippen LogP contribution is 2.30. The van der Waals surface area contributed by atoms with Crippen molar-refractivity contribution < 1.29 is 13.9 Å². The maximum Gasteiger partial charge on any atom is 0.133 e. The van der Waals surface area contributed by atoms with Gasteiger partial charge >= 0.3 is 0 Å². The fraction of sp³-hybridized carbons (Fsp3) is 0.562. The predicted octanol–water partition coefficient (Wildman–Crippen LogP) is 2.57. The van der Waals surface area contributed by atoms with Crippen LogP contribution >= 0.6 is 0 Å². The summed E-state index contributed by atoms with van der Waals surface area (Å²) < 4.78 is 19.1. The van der Waals surface area contributed by atoms with Gasteiger partial charge in [-0.2, -0.15) is 0 Å². The number of halogens is 1. The van der Waals surface area contributed by atoms with Gasteiger partial charge < -0.3 is 4.74 Å². The first kappa shape index (κ1) is 13.6. The number of hydrogen-bond acceptors (Lipinski definition) is 3. The number of rotatable bonds is 3. The van der Waals surface area contributed by atoms with E-state index in [4.69, 9.17) is 4.74 Å². The van der Waals surface area contributed by atoms with E-state index < -0.39 is 0 Å². The fourth-order valence-corrected chi connectivity index (χ4v) is 3.23. The second kappa shape index (κ2) is 5.52. The average molecular weight is 277 g/mol. The monoisotopic (exact) mass is 277 g/mol. The van der Waals surface area contributed by atoms with Crippen LogP contribution < -0.4 is 4.74 Å². The Balaban J connectivity index is 1.56. The van der Waals surface area contributed by atoms with Gasteiger partial charge in [-0.05, 0) is 38.1 Å². The Bertz CT molecular complexity index is 507. The van der Waals surface area contributed by atoms with Crippen molar-refractivity contribution in [1.82, 2.24) is 4.90 Å². The lowest BCUT2D eigenvalue weighted by Gasteiger charge is -2.32. The fourth-order valence-electron chi connectivity index (χ4n) is 3.23. The second-order valence-electron chi connectivity index (χ2n) is 5.91. The van der Waals surface area contributed by atoms with E-state index in [0.29, 0.717) is 24.7 Å². The molecular formula is C16H20FNO2. The molecule has 1 aliphatic carbocycles. The summed E-state index contributed by atoms with van der Waals surface area (Å²) in [6.45, 7) is 0.829. The lowest BCUT2D eigenvalue weighted by molar-refractivity contribution is -0.121. The molecule has 0 spiro atoms. The van der Waals surface area contributed by atoms with Crippen molar-refractivity contribution in [2.45, 2.75) is 44.2 Å². The summed E-state index contributed by atoms with van der Waals surface area (Å²) in [6.07, 6.45) is 4.16.